The Labute approximate surface area is 167 Å². The lowest BCUT2D eigenvalue weighted by molar-refractivity contribution is -0.118. The molecule has 3 aliphatic heterocycles. The fourth-order valence-electron chi connectivity index (χ4n) is 3.61. The second-order valence-electron chi connectivity index (χ2n) is 7.74. The summed E-state index contributed by atoms with van der Waals surface area (Å²) in [7, 11) is 0. The highest BCUT2D eigenvalue weighted by Crippen LogP contribution is 2.46. The van der Waals surface area contributed by atoms with Crippen LogP contribution in [0, 0.1) is 0 Å². The van der Waals surface area contributed by atoms with E-state index in [4.69, 9.17) is 9.57 Å². The first-order valence-electron chi connectivity index (χ1n) is 9.13. The van der Waals surface area contributed by atoms with Gasteiger partial charge in [0.1, 0.15) is 23.5 Å². The monoisotopic (exact) mass is 405 g/mol. The summed E-state index contributed by atoms with van der Waals surface area (Å²) in [6, 6.07) is -1.01. The van der Waals surface area contributed by atoms with Gasteiger partial charge >= 0.3 is 12.1 Å². The molecule has 1 unspecified atom stereocenters. The number of amides is 3. The number of hydrogen-bond acceptors (Lipinski definition) is 7. The molecule has 0 radical (unpaired) electrons. The van der Waals surface area contributed by atoms with Gasteiger partial charge < -0.3 is 9.64 Å². The Morgan fingerprint density at radius 3 is 2.96 bits per heavy atom. The minimum Gasteiger partial charge on any atom is -0.443 e. The number of carbonyl (C=O) groups is 2. The van der Waals surface area contributed by atoms with Crippen LogP contribution in [-0.4, -0.2) is 69.6 Å². The molecule has 1 fully saturated rings. The average Bonchev–Trinajstić information content (AvgIpc) is 3.33. The van der Waals surface area contributed by atoms with E-state index in [0.717, 1.165) is 10.6 Å². The summed E-state index contributed by atoms with van der Waals surface area (Å²) >= 11 is 1.48. The first-order chi connectivity index (χ1) is 13.3. The maximum Gasteiger partial charge on any atom is 0.415 e. The first kappa shape index (κ1) is 18.9. The summed E-state index contributed by atoms with van der Waals surface area (Å²) in [6.07, 6.45) is 1.13. The van der Waals surface area contributed by atoms with E-state index in [1.165, 1.54) is 21.3 Å². The van der Waals surface area contributed by atoms with Crippen molar-refractivity contribution in [2.24, 2.45) is 4.99 Å². The summed E-state index contributed by atoms with van der Waals surface area (Å²) in [5, 5.41) is 1.38. The Morgan fingerprint density at radius 1 is 1.46 bits per heavy atom. The molecule has 150 valence electrons. The number of nitrogens with zero attached hydrogens (tertiary/aromatic N) is 5. The van der Waals surface area contributed by atoms with E-state index in [9.17, 15) is 9.59 Å². The van der Waals surface area contributed by atoms with Crippen molar-refractivity contribution in [3.05, 3.63) is 28.7 Å². The van der Waals surface area contributed by atoms with Gasteiger partial charge in [-0.05, 0) is 20.8 Å². The van der Waals surface area contributed by atoms with E-state index in [1.54, 1.807) is 16.5 Å². The fraction of sp³-hybridized carbons (Fsp3) is 0.556. The Bertz CT molecular complexity index is 845. The van der Waals surface area contributed by atoms with Gasteiger partial charge in [-0.25, -0.2) is 14.6 Å². The lowest BCUT2D eigenvalue weighted by atomic mass is 10.0. The molecule has 10 heteroatoms. The second-order valence-corrected chi connectivity index (χ2v) is 8.62. The van der Waals surface area contributed by atoms with Gasteiger partial charge in [-0.15, -0.1) is 17.9 Å². The van der Waals surface area contributed by atoms with Crippen molar-refractivity contribution in [3.8, 4) is 0 Å². The van der Waals surface area contributed by atoms with E-state index in [2.05, 4.69) is 16.6 Å². The predicted molar refractivity (Wildman–Crippen MR) is 103 cm³/mol. The molecule has 0 spiro atoms. The van der Waals surface area contributed by atoms with Crippen LogP contribution in [0.1, 0.15) is 43.4 Å². The number of amidine groups is 1. The minimum atomic E-state index is -0.618. The molecule has 4 heterocycles. The molecule has 2 bridgehead atoms. The molecular formula is C18H23N5O4S. The quantitative estimate of drug-likeness (QED) is 0.719. The molecule has 3 amide bonds. The van der Waals surface area contributed by atoms with Crippen molar-refractivity contribution in [1.29, 1.82) is 0 Å². The molecule has 0 N–H and O–H groups in total. The van der Waals surface area contributed by atoms with Gasteiger partial charge in [0.05, 0.1) is 42.3 Å². The highest BCUT2D eigenvalue weighted by atomic mass is 32.1. The van der Waals surface area contributed by atoms with Crippen LogP contribution < -0.4 is 0 Å². The number of urea groups is 1. The van der Waals surface area contributed by atoms with Gasteiger partial charge in [0.2, 0.25) is 0 Å². The lowest BCUT2D eigenvalue weighted by Crippen LogP contribution is -2.47. The molecule has 9 nitrogen and oxygen atoms in total. The number of rotatable bonds is 4. The first-order valence-corrected chi connectivity index (χ1v) is 10.0. The fourth-order valence-corrected chi connectivity index (χ4v) is 4.50. The highest BCUT2D eigenvalue weighted by molar-refractivity contribution is 7.09. The van der Waals surface area contributed by atoms with Crippen LogP contribution in [0.3, 0.4) is 0 Å². The van der Waals surface area contributed by atoms with Crippen LogP contribution >= 0.6 is 11.3 Å². The van der Waals surface area contributed by atoms with E-state index >= 15 is 0 Å². The summed E-state index contributed by atoms with van der Waals surface area (Å²) in [5.41, 5.74) is 1.88. The standard InChI is InChI=1S/C18H23N5O4S/c1-5-8-26-23-11-9-22(16(23)24)13(12-14(11)28-10-20-12)15-19-6-7-21(15)17(25)27-18(2,3)4/h5,10-11,13H,1,6-9H2,2-4H3/t11?,13-/m0/s1. The molecular weight excluding hydrogens is 382 g/mol. The molecule has 4 rings (SSSR count). The zero-order valence-electron chi connectivity index (χ0n) is 16.1. The number of hydrogen-bond donors (Lipinski definition) is 0. The maximum absolute atomic E-state index is 13.0. The third-order valence-corrected chi connectivity index (χ3v) is 5.59. The number of aromatic nitrogens is 1. The Hall–Kier alpha value is -2.46. The van der Waals surface area contributed by atoms with Gasteiger partial charge in [0, 0.05) is 0 Å². The van der Waals surface area contributed by atoms with Gasteiger partial charge in [-0.1, -0.05) is 6.08 Å². The smallest absolute Gasteiger partial charge is 0.415 e. The van der Waals surface area contributed by atoms with Crippen molar-refractivity contribution in [3.63, 3.8) is 0 Å². The van der Waals surface area contributed by atoms with Crippen molar-refractivity contribution in [2.75, 3.05) is 26.2 Å². The molecule has 1 aromatic heterocycles. The predicted octanol–water partition coefficient (Wildman–Crippen LogP) is 2.74. The molecule has 2 atom stereocenters. The second kappa shape index (κ2) is 6.85. The summed E-state index contributed by atoms with van der Waals surface area (Å²) < 4.78 is 5.53. The Balaban J connectivity index is 1.66. The zero-order chi connectivity index (χ0) is 20.1. The van der Waals surface area contributed by atoms with Crippen LogP contribution in [0.25, 0.3) is 0 Å². The zero-order valence-corrected chi connectivity index (χ0v) is 16.9. The average molecular weight is 405 g/mol. The molecule has 0 aromatic carbocycles. The van der Waals surface area contributed by atoms with Gasteiger partial charge in [0.15, 0.2) is 0 Å². The molecule has 0 saturated carbocycles. The lowest BCUT2D eigenvalue weighted by Gasteiger charge is -2.33. The van der Waals surface area contributed by atoms with Crippen molar-refractivity contribution in [2.45, 2.75) is 38.5 Å². The number of fused-ring (bicyclic) bond motifs is 4. The number of hydroxylamine groups is 2. The molecule has 3 aliphatic rings. The topological polar surface area (TPSA) is 87.6 Å². The SMILES string of the molecule is C=CCON1C(=O)N2CC1c1scnc1[C@H]2C1=NCCN1C(=O)OC(C)(C)C. The van der Waals surface area contributed by atoms with Crippen LogP contribution in [0.15, 0.2) is 23.2 Å². The summed E-state index contributed by atoms with van der Waals surface area (Å²) in [4.78, 5) is 44.5. The molecule has 1 saturated heterocycles. The van der Waals surface area contributed by atoms with Crippen molar-refractivity contribution >= 4 is 29.3 Å². The number of aliphatic imine (C=N–C) groups is 1. The molecule has 28 heavy (non-hydrogen) atoms. The number of ether oxygens (including phenoxy) is 1. The molecule has 0 aliphatic carbocycles. The van der Waals surface area contributed by atoms with E-state index in [1.807, 2.05) is 20.8 Å². The van der Waals surface area contributed by atoms with E-state index in [0.29, 0.717) is 25.5 Å². The molecule has 1 aromatic rings. The van der Waals surface area contributed by atoms with Gasteiger partial charge in [-0.3, -0.25) is 14.7 Å². The Kier molecular flexibility index (Phi) is 4.62. The van der Waals surface area contributed by atoms with Crippen LogP contribution in [0.2, 0.25) is 0 Å². The van der Waals surface area contributed by atoms with Crippen molar-refractivity contribution in [1.82, 2.24) is 19.8 Å². The normalized spacial score (nSPS) is 23.8. The van der Waals surface area contributed by atoms with Crippen molar-refractivity contribution < 1.29 is 19.2 Å². The third-order valence-electron chi connectivity index (χ3n) is 4.65. The van der Waals surface area contributed by atoms with Gasteiger partial charge in [-0.2, -0.15) is 5.06 Å². The van der Waals surface area contributed by atoms with E-state index < -0.39 is 17.7 Å². The number of thiazole rings is 1. The Morgan fingerprint density at radius 2 is 2.25 bits per heavy atom. The van der Waals surface area contributed by atoms with E-state index in [-0.39, 0.29) is 18.7 Å². The highest BCUT2D eigenvalue weighted by Gasteiger charge is 2.53. The van der Waals surface area contributed by atoms with Crippen LogP contribution in [0.5, 0.6) is 0 Å². The summed E-state index contributed by atoms with van der Waals surface area (Å²) in [6.45, 7) is 10.7. The largest absolute Gasteiger partial charge is 0.443 e. The summed E-state index contributed by atoms with van der Waals surface area (Å²) in [5.74, 6) is 0.499. The van der Waals surface area contributed by atoms with Gasteiger partial charge in [0.25, 0.3) is 0 Å². The van der Waals surface area contributed by atoms with Crippen LogP contribution in [0.4, 0.5) is 9.59 Å². The van der Waals surface area contributed by atoms with Crippen LogP contribution in [-0.2, 0) is 9.57 Å². The minimum absolute atomic E-state index is 0.219. The maximum atomic E-state index is 13.0. The number of carbonyl (C=O) groups excluding carboxylic acids is 2. The third kappa shape index (κ3) is 3.06.